The standard InChI is InChI=1S/C18H21N5O5S2/c1-10(2)23-11(3)7-13(21-23)17(25)20-18-22(9-16(24)28-4)14-6-5-12(30(19,26)27)8-15(14)29-18/h5-8,10H,9H2,1-4H3,(H2,19,26,27). The molecule has 10 nitrogen and oxygen atoms in total. The molecular weight excluding hydrogens is 430 g/mol. The quantitative estimate of drug-likeness (QED) is 0.581. The number of primary sulfonamides is 1. The molecule has 0 radical (unpaired) electrons. The number of fused-ring (bicyclic) bond motifs is 1. The summed E-state index contributed by atoms with van der Waals surface area (Å²) in [4.78, 5) is 28.9. The lowest BCUT2D eigenvalue weighted by atomic mass is 10.3. The van der Waals surface area contributed by atoms with Crippen LogP contribution in [0.15, 0.2) is 34.2 Å². The Morgan fingerprint density at radius 3 is 2.57 bits per heavy atom. The van der Waals surface area contributed by atoms with Gasteiger partial charge in [0.15, 0.2) is 10.5 Å². The fourth-order valence-electron chi connectivity index (χ4n) is 2.92. The Hall–Kier alpha value is -2.83. The number of amides is 1. The molecule has 2 N–H and O–H groups in total. The minimum atomic E-state index is -3.91. The summed E-state index contributed by atoms with van der Waals surface area (Å²) in [5, 5.41) is 9.49. The van der Waals surface area contributed by atoms with Gasteiger partial charge in [0.1, 0.15) is 6.54 Å². The average Bonchev–Trinajstić information content (AvgIpc) is 3.21. The number of carbonyl (C=O) groups is 2. The second-order valence-corrected chi connectivity index (χ2v) is 9.42. The summed E-state index contributed by atoms with van der Waals surface area (Å²) in [5.74, 6) is -1.12. The molecule has 2 heterocycles. The molecule has 3 rings (SSSR count). The molecule has 0 saturated carbocycles. The number of aryl methyl sites for hydroxylation is 1. The molecule has 1 aromatic carbocycles. The summed E-state index contributed by atoms with van der Waals surface area (Å²) in [6.45, 7) is 5.54. The number of hydrogen-bond donors (Lipinski definition) is 1. The van der Waals surface area contributed by atoms with Gasteiger partial charge in [0.05, 0.1) is 22.2 Å². The summed E-state index contributed by atoms with van der Waals surface area (Å²) >= 11 is 1.06. The molecule has 0 bridgehead atoms. The first kappa shape index (κ1) is 21.9. The lowest BCUT2D eigenvalue weighted by molar-refractivity contribution is -0.141. The Morgan fingerprint density at radius 1 is 1.30 bits per heavy atom. The highest BCUT2D eigenvalue weighted by Gasteiger charge is 2.17. The molecule has 1 amide bonds. The number of thiazole rings is 1. The maximum atomic E-state index is 12.7. The van der Waals surface area contributed by atoms with E-state index in [4.69, 9.17) is 9.88 Å². The molecule has 0 saturated heterocycles. The van der Waals surface area contributed by atoms with Gasteiger partial charge in [-0.15, -0.1) is 0 Å². The van der Waals surface area contributed by atoms with Crippen molar-refractivity contribution >= 4 is 43.5 Å². The van der Waals surface area contributed by atoms with Crippen molar-refractivity contribution in [1.82, 2.24) is 14.3 Å². The minimum Gasteiger partial charge on any atom is -0.468 e. The van der Waals surface area contributed by atoms with Gasteiger partial charge in [-0.05, 0) is 45.0 Å². The zero-order valence-electron chi connectivity index (χ0n) is 16.8. The van der Waals surface area contributed by atoms with Gasteiger partial charge in [0.25, 0.3) is 5.91 Å². The van der Waals surface area contributed by atoms with E-state index in [-0.39, 0.29) is 28.0 Å². The third-order valence-corrected chi connectivity index (χ3v) is 6.28. The largest absolute Gasteiger partial charge is 0.468 e. The van der Waals surface area contributed by atoms with Crippen molar-refractivity contribution in [2.24, 2.45) is 10.1 Å². The Labute approximate surface area is 176 Å². The van der Waals surface area contributed by atoms with E-state index in [9.17, 15) is 18.0 Å². The highest BCUT2D eigenvalue weighted by atomic mass is 32.2. The van der Waals surface area contributed by atoms with Crippen LogP contribution in [0.5, 0.6) is 0 Å². The van der Waals surface area contributed by atoms with Crippen LogP contribution < -0.4 is 9.94 Å². The number of esters is 1. The van der Waals surface area contributed by atoms with E-state index in [0.717, 1.165) is 17.0 Å². The van der Waals surface area contributed by atoms with Gasteiger partial charge < -0.3 is 9.30 Å². The molecule has 12 heteroatoms. The number of nitrogens with zero attached hydrogens (tertiary/aromatic N) is 4. The molecule has 0 spiro atoms. The van der Waals surface area contributed by atoms with Crippen LogP contribution in [0.1, 0.15) is 36.1 Å². The van der Waals surface area contributed by atoms with Crippen molar-refractivity contribution in [3.63, 3.8) is 0 Å². The number of rotatable bonds is 5. The Kier molecular flexibility index (Phi) is 5.92. The predicted octanol–water partition coefficient (Wildman–Crippen LogP) is 1.35. The third kappa shape index (κ3) is 4.35. The molecule has 160 valence electrons. The van der Waals surface area contributed by atoms with Gasteiger partial charge in [-0.2, -0.15) is 10.1 Å². The van der Waals surface area contributed by atoms with Crippen molar-refractivity contribution in [3.05, 3.63) is 40.5 Å². The highest BCUT2D eigenvalue weighted by Crippen LogP contribution is 2.21. The van der Waals surface area contributed by atoms with Crippen LogP contribution in [0, 0.1) is 6.92 Å². The van der Waals surface area contributed by atoms with Crippen LogP contribution in [0.3, 0.4) is 0 Å². The number of ether oxygens (including phenoxy) is 1. The molecule has 0 fully saturated rings. The first-order valence-electron chi connectivity index (χ1n) is 8.89. The maximum absolute atomic E-state index is 12.7. The number of carbonyl (C=O) groups excluding carboxylic acids is 2. The molecule has 0 aliphatic heterocycles. The summed E-state index contributed by atoms with van der Waals surface area (Å²) in [6.07, 6.45) is 0. The topological polar surface area (TPSA) is 139 Å². The zero-order chi connectivity index (χ0) is 22.2. The van der Waals surface area contributed by atoms with Gasteiger partial charge in [-0.25, -0.2) is 13.6 Å². The van der Waals surface area contributed by atoms with Gasteiger partial charge in [0, 0.05) is 11.7 Å². The number of hydrogen-bond acceptors (Lipinski definition) is 7. The van der Waals surface area contributed by atoms with E-state index in [2.05, 4.69) is 10.1 Å². The van der Waals surface area contributed by atoms with Crippen LogP contribution in [0.4, 0.5) is 0 Å². The molecule has 0 aliphatic carbocycles. The number of nitrogens with two attached hydrogens (primary N) is 1. The molecule has 0 unspecified atom stereocenters. The number of sulfonamides is 1. The van der Waals surface area contributed by atoms with Crippen molar-refractivity contribution in [3.8, 4) is 0 Å². The van der Waals surface area contributed by atoms with Crippen molar-refractivity contribution in [2.75, 3.05) is 7.11 Å². The van der Waals surface area contributed by atoms with Gasteiger partial charge >= 0.3 is 5.97 Å². The third-order valence-electron chi connectivity index (χ3n) is 4.33. The summed E-state index contributed by atoms with van der Waals surface area (Å²) in [5.41, 5.74) is 1.52. The van der Waals surface area contributed by atoms with Crippen molar-refractivity contribution in [1.29, 1.82) is 0 Å². The normalized spacial score (nSPS) is 12.7. The maximum Gasteiger partial charge on any atom is 0.325 e. The van der Waals surface area contributed by atoms with E-state index in [1.807, 2.05) is 20.8 Å². The molecule has 2 aromatic heterocycles. The highest BCUT2D eigenvalue weighted by molar-refractivity contribution is 7.89. The zero-order valence-corrected chi connectivity index (χ0v) is 18.5. The first-order valence-corrected chi connectivity index (χ1v) is 11.3. The van der Waals surface area contributed by atoms with E-state index in [1.54, 1.807) is 10.7 Å². The monoisotopic (exact) mass is 451 g/mol. The number of methoxy groups -OCH3 is 1. The lowest BCUT2D eigenvalue weighted by Gasteiger charge is -2.06. The van der Waals surface area contributed by atoms with Crippen LogP contribution >= 0.6 is 11.3 Å². The molecule has 30 heavy (non-hydrogen) atoms. The Balaban J connectivity index is 2.17. The van der Waals surface area contributed by atoms with Crippen LogP contribution in [-0.2, 0) is 26.1 Å². The second kappa shape index (κ2) is 8.13. The van der Waals surface area contributed by atoms with Crippen LogP contribution in [-0.4, -0.2) is 41.8 Å². The Bertz CT molecular complexity index is 1310. The van der Waals surface area contributed by atoms with Crippen LogP contribution in [0.2, 0.25) is 0 Å². The second-order valence-electron chi connectivity index (χ2n) is 6.85. The Morgan fingerprint density at radius 2 is 2.00 bits per heavy atom. The van der Waals surface area contributed by atoms with E-state index < -0.39 is 21.9 Å². The minimum absolute atomic E-state index is 0.0781. The number of benzene rings is 1. The van der Waals surface area contributed by atoms with Gasteiger partial charge in [0.2, 0.25) is 10.0 Å². The fraction of sp³-hybridized carbons (Fsp3) is 0.333. The lowest BCUT2D eigenvalue weighted by Crippen LogP contribution is -2.22. The fourth-order valence-corrected chi connectivity index (χ4v) is 4.60. The molecule has 0 atom stereocenters. The summed E-state index contributed by atoms with van der Waals surface area (Å²) < 4.78 is 31.7. The predicted molar refractivity (Wildman–Crippen MR) is 110 cm³/mol. The first-order chi connectivity index (χ1) is 14.0. The smallest absolute Gasteiger partial charge is 0.325 e. The average molecular weight is 452 g/mol. The molecule has 0 aliphatic rings. The molecular formula is C18H21N5O5S2. The van der Waals surface area contributed by atoms with Gasteiger partial charge in [-0.3, -0.25) is 14.3 Å². The van der Waals surface area contributed by atoms with Crippen molar-refractivity contribution < 1.29 is 22.7 Å². The van der Waals surface area contributed by atoms with E-state index in [1.165, 1.54) is 29.9 Å². The summed E-state index contributed by atoms with van der Waals surface area (Å²) in [7, 11) is -2.66. The van der Waals surface area contributed by atoms with Crippen LogP contribution in [0.25, 0.3) is 10.2 Å². The van der Waals surface area contributed by atoms with Crippen molar-refractivity contribution in [2.45, 2.75) is 38.3 Å². The molecule has 3 aromatic rings. The SMILES string of the molecule is COC(=O)Cn1c(=NC(=O)c2cc(C)n(C(C)C)n2)sc2cc(S(N)(=O)=O)ccc21. The van der Waals surface area contributed by atoms with Gasteiger partial charge in [-0.1, -0.05) is 11.3 Å². The summed E-state index contributed by atoms with van der Waals surface area (Å²) in [6, 6.07) is 5.94. The number of aromatic nitrogens is 3. The van der Waals surface area contributed by atoms with E-state index in [0.29, 0.717) is 10.2 Å². The van der Waals surface area contributed by atoms with E-state index >= 15 is 0 Å².